The van der Waals surface area contributed by atoms with Crippen LogP contribution in [0.25, 0.3) is 39.1 Å². The maximum Gasteiger partial charge on any atom is 0.139 e. The van der Waals surface area contributed by atoms with Crippen LogP contribution >= 0.6 is 0 Å². The molecule has 7 nitrogen and oxygen atoms in total. The fourth-order valence-electron chi connectivity index (χ4n) is 4.38. The molecule has 0 amide bonds. The average Bonchev–Trinajstić information content (AvgIpc) is 3.44. The molecule has 5 rings (SSSR count). The summed E-state index contributed by atoms with van der Waals surface area (Å²) in [6.45, 7) is 8.03. The van der Waals surface area contributed by atoms with Crippen molar-refractivity contribution in [3.63, 3.8) is 0 Å². The minimum atomic E-state index is 0.775. The van der Waals surface area contributed by atoms with Crippen molar-refractivity contribution in [1.29, 1.82) is 0 Å². The van der Waals surface area contributed by atoms with E-state index in [2.05, 4.69) is 66.9 Å². The molecule has 31 heavy (non-hydrogen) atoms. The molecule has 0 bridgehead atoms. The molecule has 156 valence electrons. The van der Waals surface area contributed by atoms with Gasteiger partial charge in [-0.2, -0.15) is 5.10 Å². The van der Waals surface area contributed by atoms with E-state index in [-0.39, 0.29) is 0 Å². The van der Waals surface area contributed by atoms with E-state index in [9.17, 15) is 0 Å². The van der Waals surface area contributed by atoms with Gasteiger partial charge in [-0.15, -0.1) is 0 Å². The number of H-pyrrole nitrogens is 2. The van der Waals surface area contributed by atoms with Gasteiger partial charge in [-0.1, -0.05) is 12.1 Å². The highest BCUT2D eigenvalue weighted by atomic mass is 15.2. The molecule has 0 radical (unpaired) electrons. The molecule has 1 fully saturated rings. The number of aromatic amines is 2. The van der Waals surface area contributed by atoms with Crippen molar-refractivity contribution in [2.75, 3.05) is 13.1 Å². The molecule has 1 aliphatic rings. The zero-order valence-corrected chi connectivity index (χ0v) is 17.6. The molecule has 0 aliphatic carbocycles. The van der Waals surface area contributed by atoms with Gasteiger partial charge in [0.25, 0.3) is 0 Å². The number of piperidine rings is 1. The molecule has 4 aromatic rings. The van der Waals surface area contributed by atoms with Crippen molar-refractivity contribution in [3.05, 3.63) is 54.6 Å². The second kappa shape index (κ2) is 8.18. The van der Waals surface area contributed by atoms with E-state index < -0.39 is 0 Å². The number of nitrogens with one attached hydrogen (secondary N) is 2. The zero-order chi connectivity index (χ0) is 21.2. The first-order valence-corrected chi connectivity index (χ1v) is 10.6. The molecule has 0 atom stereocenters. The fourth-order valence-corrected chi connectivity index (χ4v) is 4.38. The van der Waals surface area contributed by atoms with E-state index >= 15 is 0 Å². The number of aliphatic imine (C=N–C) groups is 1. The van der Waals surface area contributed by atoms with E-state index in [0.29, 0.717) is 0 Å². The van der Waals surface area contributed by atoms with Crippen molar-refractivity contribution in [2.24, 2.45) is 4.99 Å². The molecule has 0 saturated carbocycles. The minimum absolute atomic E-state index is 0.775. The predicted octanol–water partition coefficient (Wildman–Crippen LogP) is 5.19. The number of nitrogens with zero attached hydrogens (tertiary/aromatic N) is 5. The lowest BCUT2D eigenvalue weighted by Crippen LogP contribution is -2.28. The Hall–Kier alpha value is -3.74. The van der Waals surface area contributed by atoms with Crippen LogP contribution in [-0.2, 0) is 0 Å². The van der Waals surface area contributed by atoms with Crippen LogP contribution in [0.2, 0.25) is 0 Å². The van der Waals surface area contributed by atoms with Gasteiger partial charge >= 0.3 is 0 Å². The lowest BCUT2D eigenvalue weighted by molar-refractivity contribution is 0.326. The van der Waals surface area contributed by atoms with E-state index in [4.69, 9.17) is 0 Å². The molecular weight excluding hydrogens is 386 g/mol. The van der Waals surface area contributed by atoms with Crippen LogP contribution in [0.3, 0.4) is 0 Å². The average molecular weight is 412 g/mol. The summed E-state index contributed by atoms with van der Waals surface area (Å²) in [5, 5.41) is 8.78. The summed E-state index contributed by atoms with van der Waals surface area (Å²) in [6.07, 6.45) is 11.1. The Morgan fingerprint density at radius 2 is 1.90 bits per heavy atom. The van der Waals surface area contributed by atoms with Gasteiger partial charge in [0.2, 0.25) is 0 Å². The quantitative estimate of drug-likeness (QED) is 0.442. The standard InChI is InChI=1S/C24H25N7/c1-3-22(31-9-5-4-6-10-31)19-12-21(28-24(19)25-2)23-18-11-16(7-8-20(18)29-30-23)17-13-26-15-27-14-17/h3,7-8,11-15,28H,2,4-6,9-10H2,1H3,(H,29,30)/b22-3+. The SMILES string of the molecule is C=Nc1[nH]c(-c2n[nH]c3ccc(-c4cncnc4)cc23)cc1/C(=C\C)N1CCCCC1. The van der Waals surface area contributed by atoms with Gasteiger partial charge in [-0.05, 0) is 56.7 Å². The van der Waals surface area contributed by atoms with Crippen LogP contribution in [0.1, 0.15) is 31.7 Å². The van der Waals surface area contributed by atoms with Crippen molar-refractivity contribution in [3.8, 4) is 22.5 Å². The van der Waals surface area contributed by atoms with Crippen LogP contribution in [0, 0.1) is 0 Å². The largest absolute Gasteiger partial charge is 0.371 e. The van der Waals surface area contributed by atoms with Gasteiger partial charge in [0.15, 0.2) is 0 Å². The Labute approximate surface area is 181 Å². The Kier molecular flexibility index (Phi) is 5.08. The molecule has 1 aromatic carbocycles. The summed E-state index contributed by atoms with van der Waals surface area (Å²) in [5.41, 5.74) is 7.04. The number of allylic oxidation sites excluding steroid dienone is 1. The summed E-state index contributed by atoms with van der Waals surface area (Å²) in [7, 11) is 0. The molecule has 0 spiro atoms. The molecule has 1 aliphatic heterocycles. The van der Waals surface area contributed by atoms with Crippen LogP contribution in [0.4, 0.5) is 5.82 Å². The van der Waals surface area contributed by atoms with Gasteiger partial charge in [-0.25, -0.2) is 15.0 Å². The second-order valence-electron chi connectivity index (χ2n) is 7.78. The third-order valence-corrected chi connectivity index (χ3v) is 5.91. The third-order valence-electron chi connectivity index (χ3n) is 5.91. The van der Waals surface area contributed by atoms with Crippen molar-refractivity contribution >= 4 is 29.1 Å². The van der Waals surface area contributed by atoms with Crippen molar-refractivity contribution in [1.82, 2.24) is 30.0 Å². The highest BCUT2D eigenvalue weighted by Gasteiger charge is 2.21. The number of hydrogen-bond acceptors (Lipinski definition) is 5. The van der Waals surface area contributed by atoms with Gasteiger partial charge in [0.05, 0.1) is 11.2 Å². The monoisotopic (exact) mass is 411 g/mol. The highest BCUT2D eigenvalue weighted by molar-refractivity contribution is 5.96. The van der Waals surface area contributed by atoms with Crippen molar-refractivity contribution < 1.29 is 0 Å². The maximum absolute atomic E-state index is 4.60. The number of hydrogen-bond donors (Lipinski definition) is 2. The second-order valence-corrected chi connectivity index (χ2v) is 7.78. The summed E-state index contributed by atoms with van der Waals surface area (Å²) in [5.74, 6) is 0.775. The number of fused-ring (bicyclic) bond motifs is 1. The number of aromatic nitrogens is 5. The molecule has 0 unspecified atom stereocenters. The van der Waals surface area contributed by atoms with Crippen LogP contribution < -0.4 is 0 Å². The summed E-state index contributed by atoms with van der Waals surface area (Å²) >= 11 is 0. The van der Waals surface area contributed by atoms with Gasteiger partial charge in [-0.3, -0.25) is 5.10 Å². The third kappa shape index (κ3) is 3.52. The molecule has 7 heteroatoms. The highest BCUT2D eigenvalue weighted by Crippen LogP contribution is 2.36. The zero-order valence-electron chi connectivity index (χ0n) is 17.6. The lowest BCUT2D eigenvalue weighted by atomic mass is 10.0. The number of rotatable bonds is 5. The Balaban J connectivity index is 1.58. The summed E-state index contributed by atoms with van der Waals surface area (Å²) in [6, 6.07) is 8.35. The molecular formula is C24H25N7. The Morgan fingerprint density at radius 3 is 2.65 bits per heavy atom. The van der Waals surface area contributed by atoms with E-state index in [1.807, 2.05) is 24.5 Å². The normalized spacial score (nSPS) is 14.9. The molecule has 1 saturated heterocycles. The number of benzene rings is 1. The Morgan fingerprint density at radius 1 is 1.10 bits per heavy atom. The first-order chi connectivity index (χ1) is 15.3. The van der Waals surface area contributed by atoms with Crippen LogP contribution in [0.15, 0.2) is 54.1 Å². The first kappa shape index (κ1) is 19.2. The number of likely N-dealkylation sites (tertiary alicyclic amines) is 1. The molecule has 4 heterocycles. The summed E-state index contributed by atoms with van der Waals surface area (Å²) < 4.78 is 0. The minimum Gasteiger partial charge on any atom is -0.371 e. The van der Waals surface area contributed by atoms with Gasteiger partial charge in [0, 0.05) is 47.7 Å². The van der Waals surface area contributed by atoms with E-state index in [1.165, 1.54) is 31.3 Å². The Bertz CT molecular complexity index is 1240. The van der Waals surface area contributed by atoms with E-state index in [0.717, 1.165) is 57.9 Å². The van der Waals surface area contributed by atoms with Gasteiger partial charge < -0.3 is 9.88 Å². The smallest absolute Gasteiger partial charge is 0.139 e. The van der Waals surface area contributed by atoms with Crippen LogP contribution in [-0.4, -0.2) is 49.9 Å². The summed E-state index contributed by atoms with van der Waals surface area (Å²) in [4.78, 5) is 18.4. The first-order valence-electron chi connectivity index (χ1n) is 10.6. The molecule has 2 N–H and O–H groups in total. The van der Waals surface area contributed by atoms with Crippen molar-refractivity contribution in [2.45, 2.75) is 26.2 Å². The maximum atomic E-state index is 4.60. The van der Waals surface area contributed by atoms with E-state index in [1.54, 1.807) is 0 Å². The topological polar surface area (TPSA) is 85.8 Å². The van der Waals surface area contributed by atoms with Gasteiger partial charge in [0.1, 0.15) is 17.8 Å². The van der Waals surface area contributed by atoms with Crippen LogP contribution in [0.5, 0.6) is 0 Å². The fraction of sp³-hybridized carbons (Fsp3) is 0.250. The molecule has 3 aromatic heterocycles. The lowest BCUT2D eigenvalue weighted by Gasteiger charge is -2.31. The predicted molar refractivity (Wildman–Crippen MR) is 125 cm³/mol.